The fourth-order valence-corrected chi connectivity index (χ4v) is 4.58. The second-order valence-corrected chi connectivity index (χ2v) is 9.48. The van der Waals surface area contributed by atoms with E-state index in [1.165, 1.54) is 11.8 Å². The van der Waals surface area contributed by atoms with E-state index in [4.69, 9.17) is 9.72 Å². The zero-order chi connectivity index (χ0) is 23.9. The highest BCUT2D eigenvalue weighted by Gasteiger charge is 2.30. The van der Waals surface area contributed by atoms with Crippen molar-refractivity contribution in [3.8, 4) is 11.3 Å². The summed E-state index contributed by atoms with van der Waals surface area (Å²) in [5.41, 5.74) is 3.24. The first-order valence-electron chi connectivity index (χ1n) is 11.3. The maximum Gasteiger partial charge on any atom is 0.228 e. The maximum atomic E-state index is 12.0. The quantitative estimate of drug-likeness (QED) is 0.354. The number of ether oxygens (including phenoxy) is 1. The van der Waals surface area contributed by atoms with Gasteiger partial charge in [-0.05, 0) is 48.9 Å². The first-order valence-corrected chi connectivity index (χ1v) is 12.1. The van der Waals surface area contributed by atoms with Gasteiger partial charge in [0.05, 0.1) is 18.5 Å². The molecule has 1 N–H and O–H groups in total. The molecule has 0 unspecified atom stereocenters. The number of hydrogen-bond acceptors (Lipinski definition) is 8. The molecule has 0 aromatic carbocycles. The molecular formula is C23H23N9O2S. The van der Waals surface area contributed by atoms with Crippen molar-refractivity contribution in [2.45, 2.75) is 29.4 Å². The van der Waals surface area contributed by atoms with E-state index in [9.17, 15) is 4.79 Å². The summed E-state index contributed by atoms with van der Waals surface area (Å²) in [5.74, 6) is 1.61. The number of nitrogens with zero attached hydrogens (tertiary/aromatic N) is 8. The van der Waals surface area contributed by atoms with Crippen LogP contribution in [0.15, 0.2) is 53.0 Å². The Kier molecular flexibility index (Phi) is 5.46. The lowest BCUT2D eigenvalue weighted by atomic mass is 10.2. The number of methoxy groups -OCH3 is 1. The van der Waals surface area contributed by atoms with Crippen LogP contribution >= 0.6 is 11.8 Å². The van der Waals surface area contributed by atoms with Crippen molar-refractivity contribution in [2.75, 3.05) is 19.0 Å². The van der Waals surface area contributed by atoms with E-state index >= 15 is 0 Å². The molecule has 0 spiro atoms. The first kappa shape index (κ1) is 21.7. The Morgan fingerprint density at radius 1 is 1.11 bits per heavy atom. The van der Waals surface area contributed by atoms with Crippen LogP contribution in [0.25, 0.3) is 22.6 Å². The van der Waals surface area contributed by atoms with Gasteiger partial charge in [-0.1, -0.05) is 0 Å². The van der Waals surface area contributed by atoms with Crippen LogP contribution in [0.3, 0.4) is 0 Å². The maximum absolute atomic E-state index is 12.0. The smallest absolute Gasteiger partial charge is 0.228 e. The minimum absolute atomic E-state index is 0.0208. The summed E-state index contributed by atoms with van der Waals surface area (Å²) < 4.78 is 10.8. The molecule has 0 radical (unpaired) electrons. The molecule has 5 aromatic rings. The van der Waals surface area contributed by atoms with Crippen molar-refractivity contribution in [2.24, 2.45) is 13.0 Å². The normalized spacial score (nSPS) is 13.7. The number of amides is 1. The number of hydrogen-bond donors (Lipinski definition) is 1. The average molecular weight is 490 g/mol. The van der Waals surface area contributed by atoms with Crippen LogP contribution in [0.4, 0.5) is 5.82 Å². The molecule has 1 amide bonds. The molecule has 0 bridgehead atoms. The van der Waals surface area contributed by atoms with Gasteiger partial charge in [0, 0.05) is 44.5 Å². The van der Waals surface area contributed by atoms with Crippen LogP contribution in [-0.2, 0) is 23.0 Å². The van der Waals surface area contributed by atoms with Crippen molar-refractivity contribution in [3.05, 3.63) is 48.7 Å². The van der Waals surface area contributed by atoms with Gasteiger partial charge >= 0.3 is 0 Å². The number of anilines is 1. The molecule has 35 heavy (non-hydrogen) atoms. The Hall–Kier alpha value is -3.77. The lowest BCUT2D eigenvalue weighted by Gasteiger charge is -2.02. The summed E-state index contributed by atoms with van der Waals surface area (Å²) >= 11 is 1.40. The lowest BCUT2D eigenvalue weighted by Crippen LogP contribution is -2.13. The monoisotopic (exact) mass is 489 g/mol. The highest BCUT2D eigenvalue weighted by Crippen LogP contribution is 2.30. The third-order valence-electron chi connectivity index (χ3n) is 5.86. The fraction of sp³-hybridized carbons (Fsp3) is 0.304. The molecule has 1 aliphatic carbocycles. The van der Waals surface area contributed by atoms with Crippen LogP contribution in [0.5, 0.6) is 0 Å². The third-order valence-corrected chi connectivity index (χ3v) is 6.75. The molecule has 178 valence electrons. The van der Waals surface area contributed by atoms with E-state index in [0.717, 1.165) is 47.0 Å². The molecule has 1 fully saturated rings. The largest absolute Gasteiger partial charge is 0.384 e. The fourth-order valence-electron chi connectivity index (χ4n) is 3.81. The van der Waals surface area contributed by atoms with Crippen LogP contribution < -0.4 is 5.32 Å². The van der Waals surface area contributed by atoms with Crippen molar-refractivity contribution >= 4 is 34.8 Å². The minimum Gasteiger partial charge on any atom is -0.384 e. The van der Waals surface area contributed by atoms with Gasteiger partial charge in [0.25, 0.3) is 0 Å². The van der Waals surface area contributed by atoms with E-state index in [1.54, 1.807) is 17.8 Å². The van der Waals surface area contributed by atoms with Gasteiger partial charge in [0.1, 0.15) is 10.9 Å². The Bertz CT molecular complexity index is 1550. The highest BCUT2D eigenvalue weighted by molar-refractivity contribution is 7.99. The van der Waals surface area contributed by atoms with Crippen molar-refractivity contribution in [3.63, 3.8) is 0 Å². The Morgan fingerprint density at radius 3 is 2.80 bits per heavy atom. The van der Waals surface area contributed by atoms with E-state index < -0.39 is 0 Å². The van der Waals surface area contributed by atoms with Gasteiger partial charge < -0.3 is 14.6 Å². The standard InChI is InChI=1S/C23H23N9O2S/c1-30-12-16(24-18(30)9-10-34-2)15-5-6-20-27-28-23(31(20)11-15)35-21-8-7-19-25-17(13-32(19)29-21)26-22(33)14-3-4-14/h5-8,11-14H,3-4,9-10H2,1-2H3,(H,26,33). The average Bonchev–Trinajstić information content (AvgIpc) is 3.38. The highest BCUT2D eigenvalue weighted by atomic mass is 32.2. The second kappa shape index (κ2) is 8.78. The Labute approximate surface area is 204 Å². The number of pyridine rings is 1. The van der Waals surface area contributed by atoms with Gasteiger partial charge in [-0.2, -0.15) is 5.10 Å². The second-order valence-electron chi connectivity index (χ2n) is 8.49. The number of rotatable bonds is 8. The van der Waals surface area contributed by atoms with E-state index in [0.29, 0.717) is 23.2 Å². The molecule has 12 heteroatoms. The number of fused-ring (bicyclic) bond motifs is 2. The molecule has 11 nitrogen and oxygen atoms in total. The van der Waals surface area contributed by atoms with E-state index in [1.807, 2.05) is 52.7 Å². The predicted octanol–water partition coefficient (Wildman–Crippen LogP) is 2.86. The van der Waals surface area contributed by atoms with Gasteiger partial charge in [0.2, 0.25) is 11.1 Å². The predicted molar refractivity (Wildman–Crippen MR) is 129 cm³/mol. The van der Waals surface area contributed by atoms with Crippen LogP contribution in [0.1, 0.15) is 18.7 Å². The van der Waals surface area contributed by atoms with Crippen molar-refractivity contribution < 1.29 is 9.53 Å². The summed E-state index contributed by atoms with van der Waals surface area (Å²) in [4.78, 5) is 21.2. The number of carbonyl (C=O) groups excluding carboxylic acids is 1. The number of nitrogens with one attached hydrogen (secondary N) is 1. The molecule has 6 rings (SSSR count). The molecule has 5 aromatic heterocycles. The number of imidazole rings is 2. The van der Waals surface area contributed by atoms with E-state index in [2.05, 4.69) is 25.6 Å². The van der Waals surface area contributed by atoms with Crippen molar-refractivity contribution in [1.82, 2.24) is 38.7 Å². The summed E-state index contributed by atoms with van der Waals surface area (Å²) in [6, 6.07) is 7.67. The number of aromatic nitrogens is 8. The number of aryl methyl sites for hydroxylation is 1. The minimum atomic E-state index is 0.0208. The molecule has 1 aliphatic rings. The lowest BCUT2D eigenvalue weighted by molar-refractivity contribution is -0.117. The van der Waals surface area contributed by atoms with Crippen molar-refractivity contribution in [1.29, 1.82) is 0 Å². The summed E-state index contributed by atoms with van der Waals surface area (Å²) in [6.07, 6.45) is 8.36. The summed E-state index contributed by atoms with van der Waals surface area (Å²) in [6.45, 7) is 0.623. The van der Waals surface area contributed by atoms with Crippen LogP contribution in [-0.4, -0.2) is 58.4 Å². The third kappa shape index (κ3) is 4.37. The summed E-state index contributed by atoms with van der Waals surface area (Å²) in [5, 5.41) is 17.5. The number of carbonyl (C=O) groups is 1. The molecule has 0 atom stereocenters. The van der Waals surface area contributed by atoms with Crippen LogP contribution in [0.2, 0.25) is 0 Å². The molecule has 5 heterocycles. The van der Waals surface area contributed by atoms with Gasteiger partial charge in [-0.25, -0.2) is 14.5 Å². The Morgan fingerprint density at radius 2 is 1.97 bits per heavy atom. The summed E-state index contributed by atoms with van der Waals surface area (Å²) in [7, 11) is 3.68. The SMILES string of the molecule is COCCc1nc(-c2ccc3nnc(Sc4ccc5nc(NC(=O)C6CC6)cn5n4)n3c2)cn1C. The molecular weight excluding hydrogens is 466 g/mol. The van der Waals surface area contributed by atoms with Crippen LogP contribution in [0, 0.1) is 5.92 Å². The Balaban J connectivity index is 1.26. The zero-order valence-corrected chi connectivity index (χ0v) is 20.1. The van der Waals surface area contributed by atoms with Gasteiger partial charge in [0.15, 0.2) is 17.1 Å². The molecule has 1 saturated carbocycles. The van der Waals surface area contributed by atoms with Gasteiger partial charge in [-0.3, -0.25) is 9.20 Å². The first-order chi connectivity index (χ1) is 17.1. The molecule has 0 saturated heterocycles. The van der Waals surface area contributed by atoms with E-state index in [-0.39, 0.29) is 11.8 Å². The zero-order valence-electron chi connectivity index (χ0n) is 19.2. The molecule has 0 aliphatic heterocycles. The van der Waals surface area contributed by atoms with Gasteiger partial charge in [-0.15, -0.1) is 10.2 Å². The topological polar surface area (TPSA) is 117 Å².